The van der Waals surface area contributed by atoms with Gasteiger partial charge in [-0.3, -0.25) is 0 Å². The summed E-state index contributed by atoms with van der Waals surface area (Å²) in [6, 6.07) is 11.8. The Morgan fingerprint density at radius 2 is 1.41 bits per heavy atom. The van der Waals surface area contributed by atoms with Crippen LogP contribution in [-0.2, 0) is 6.42 Å². The quantitative estimate of drug-likeness (QED) is 0.812. The lowest BCUT2D eigenvalue weighted by Gasteiger charge is -2.11. The first-order valence-electron chi connectivity index (χ1n) is 6.01. The van der Waals surface area contributed by atoms with E-state index in [1.165, 1.54) is 22.3 Å². The van der Waals surface area contributed by atoms with Gasteiger partial charge in [-0.25, -0.2) is 0 Å². The first kappa shape index (κ1) is 11.7. The summed E-state index contributed by atoms with van der Waals surface area (Å²) >= 11 is 0. The van der Waals surface area contributed by atoms with Crippen molar-refractivity contribution in [3.63, 3.8) is 0 Å². The van der Waals surface area contributed by atoms with Crippen molar-refractivity contribution >= 4 is 0 Å². The fraction of sp³-hybridized carbons (Fsp3) is 0.250. The summed E-state index contributed by atoms with van der Waals surface area (Å²) in [4.78, 5) is 0. The molecule has 0 spiro atoms. The lowest BCUT2D eigenvalue weighted by Crippen LogP contribution is -1.92. The first-order valence-corrected chi connectivity index (χ1v) is 6.01. The van der Waals surface area contributed by atoms with Gasteiger partial charge in [0.1, 0.15) is 5.75 Å². The third-order valence-electron chi connectivity index (χ3n) is 3.25. The zero-order valence-electron chi connectivity index (χ0n) is 10.6. The van der Waals surface area contributed by atoms with Crippen LogP contribution < -0.4 is 0 Å². The lowest BCUT2D eigenvalue weighted by molar-refractivity contribution is 0.475. The van der Waals surface area contributed by atoms with Gasteiger partial charge in [0.25, 0.3) is 0 Å². The number of aryl methyl sites for hydroxylation is 2. The predicted octanol–water partition coefficient (Wildman–Crippen LogP) is 4.24. The minimum Gasteiger partial charge on any atom is -0.508 e. The van der Waals surface area contributed by atoms with Gasteiger partial charge in [-0.1, -0.05) is 31.2 Å². The van der Waals surface area contributed by atoms with E-state index in [0.29, 0.717) is 5.75 Å². The van der Waals surface area contributed by atoms with Crippen LogP contribution in [0.4, 0.5) is 0 Å². The van der Waals surface area contributed by atoms with Crippen molar-refractivity contribution in [3.05, 3.63) is 53.1 Å². The van der Waals surface area contributed by atoms with Gasteiger partial charge in [0.15, 0.2) is 0 Å². The fourth-order valence-corrected chi connectivity index (χ4v) is 2.37. The van der Waals surface area contributed by atoms with Gasteiger partial charge < -0.3 is 5.11 Å². The van der Waals surface area contributed by atoms with Gasteiger partial charge in [0.05, 0.1) is 0 Å². The molecule has 1 nitrogen and oxygen atoms in total. The maximum atomic E-state index is 9.29. The highest BCUT2D eigenvalue weighted by Crippen LogP contribution is 2.26. The Morgan fingerprint density at radius 3 is 1.88 bits per heavy atom. The van der Waals surface area contributed by atoms with Crippen LogP contribution in [0.15, 0.2) is 36.4 Å². The molecule has 0 aliphatic rings. The number of phenolic OH excluding ortho intramolecular Hbond substituents is 1. The molecule has 2 aromatic rings. The summed E-state index contributed by atoms with van der Waals surface area (Å²) < 4.78 is 0. The van der Waals surface area contributed by atoms with Crippen LogP contribution in [-0.4, -0.2) is 5.11 Å². The van der Waals surface area contributed by atoms with Gasteiger partial charge in [-0.2, -0.15) is 0 Å². The standard InChI is InChI=1S/C16H18O/c1-4-16-11(2)9-14(10-12(16)3)13-5-7-15(17)8-6-13/h5-10,17H,4H2,1-3H3. The third kappa shape index (κ3) is 2.33. The number of aromatic hydroxyl groups is 1. The molecule has 0 atom stereocenters. The summed E-state index contributed by atoms with van der Waals surface area (Å²) in [7, 11) is 0. The molecule has 1 N–H and O–H groups in total. The largest absolute Gasteiger partial charge is 0.508 e. The molecule has 17 heavy (non-hydrogen) atoms. The lowest BCUT2D eigenvalue weighted by atomic mass is 9.94. The normalized spacial score (nSPS) is 10.5. The van der Waals surface area contributed by atoms with Gasteiger partial charge in [0, 0.05) is 0 Å². The Hall–Kier alpha value is -1.76. The number of hydrogen-bond donors (Lipinski definition) is 1. The van der Waals surface area contributed by atoms with Crippen LogP contribution in [0.1, 0.15) is 23.6 Å². The van der Waals surface area contributed by atoms with Crippen LogP contribution in [0.3, 0.4) is 0 Å². The monoisotopic (exact) mass is 226 g/mol. The molecule has 0 saturated carbocycles. The third-order valence-corrected chi connectivity index (χ3v) is 3.25. The van der Waals surface area contributed by atoms with E-state index in [1.807, 2.05) is 12.1 Å². The molecule has 0 aliphatic carbocycles. The minimum absolute atomic E-state index is 0.312. The maximum Gasteiger partial charge on any atom is 0.115 e. The van der Waals surface area contributed by atoms with Gasteiger partial charge in [0.2, 0.25) is 0 Å². The van der Waals surface area contributed by atoms with Crippen LogP contribution in [0.5, 0.6) is 5.75 Å². The molecule has 0 amide bonds. The SMILES string of the molecule is CCc1c(C)cc(-c2ccc(O)cc2)cc1C. The summed E-state index contributed by atoms with van der Waals surface area (Å²) in [5.74, 6) is 0.312. The number of hydrogen-bond acceptors (Lipinski definition) is 1. The Morgan fingerprint density at radius 1 is 0.882 bits per heavy atom. The van der Waals surface area contributed by atoms with Crippen molar-refractivity contribution < 1.29 is 5.11 Å². The maximum absolute atomic E-state index is 9.29. The molecule has 0 unspecified atom stereocenters. The molecule has 2 rings (SSSR count). The second-order valence-electron chi connectivity index (χ2n) is 4.49. The molecule has 0 heterocycles. The highest BCUT2D eigenvalue weighted by Gasteiger charge is 2.05. The Bertz CT molecular complexity index is 501. The molecule has 88 valence electrons. The average molecular weight is 226 g/mol. The van der Waals surface area contributed by atoms with Crippen molar-refractivity contribution in [1.29, 1.82) is 0 Å². The first-order chi connectivity index (χ1) is 8.11. The van der Waals surface area contributed by atoms with Crippen molar-refractivity contribution in [1.82, 2.24) is 0 Å². The van der Waals surface area contributed by atoms with E-state index in [0.717, 1.165) is 12.0 Å². The zero-order valence-corrected chi connectivity index (χ0v) is 10.6. The topological polar surface area (TPSA) is 20.2 Å². The van der Waals surface area contributed by atoms with Crippen molar-refractivity contribution in [3.8, 4) is 16.9 Å². The molecular formula is C16H18O. The van der Waals surface area contributed by atoms with Crippen LogP contribution in [0.25, 0.3) is 11.1 Å². The number of rotatable bonds is 2. The smallest absolute Gasteiger partial charge is 0.115 e. The molecule has 0 aromatic heterocycles. The highest BCUT2D eigenvalue weighted by molar-refractivity contribution is 5.66. The highest BCUT2D eigenvalue weighted by atomic mass is 16.3. The second-order valence-corrected chi connectivity index (χ2v) is 4.49. The van der Waals surface area contributed by atoms with E-state index in [-0.39, 0.29) is 0 Å². The van der Waals surface area contributed by atoms with E-state index >= 15 is 0 Å². The van der Waals surface area contributed by atoms with E-state index in [2.05, 4.69) is 32.9 Å². The Labute approximate surface area is 103 Å². The van der Waals surface area contributed by atoms with Crippen LogP contribution >= 0.6 is 0 Å². The van der Waals surface area contributed by atoms with E-state index < -0.39 is 0 Å². The molecule has 1 heteroatoms. The van der Waals surface area contributed by atoms with Gasteiger partial charge >= 0.3 is 0 Å². The van der Waals surface area contributed by atoms with Crippen molar-refractivity contribution in [2.45, 2.75) is 27.2 Å². The Kier molecular flexibility index (Phi) is 3.19. The average Bonchev–Trinajstić information content (AvgIpc) is 2.29. The fourth-order valence-electron chi connectivity index (χ4n) is 2.37. The number of benzene rings is 2. The molecule has 0 aliphatic heterocycles. The minimum atomic E-state index is 0.312. The van der Waals surface area contributed by atoms with Gasteiger partial charge in [-0.15, -0.1) is 0 Å². The van der Waals surface area contributed by atoms with Crippen LogP contribution in [0.2, 0.25) is 0 Å². The van der Waals surface area contributed by atoms with E-state index in [4.69, 9.17) is 0 Å². The summed E-state index contributed by atoms with van der Waals surface area (Å²) in [6.45, 7) is 6.51. The Balaban J connectivity index is 2.50. The number of phenols is 1. The van der Waals surface area contributed by atoms with Crippen LogP contribution in [0, 0.1) is 13.8 Å². The molecule has 0 bridgehead atoms. The summed E-state index contributed by atoms with van der Waals surface area (Å²) in [5, 5.41) is 9.29. The molecule has 2 aromatic carbocycles. The zero-order chi connectivity index (χ0) is 12.4. The molecule has 0 saturated heterocycles. The molecular weight excluding hydrogens is 208 g/mol. The van der Waals surface area contributed by atoms with E-state index in [9.17, 15) is 5.11 Å². The predicted molar refractivity (Wildman–Crippen MR) is 72.4 cm³/mol. The van der Waals surface area contributed by atoms with Crippen molar-refractivity contribution in [2.75, 3.05) is 0 Å². The second kappa shape index (κ2) is 4.62. The van der Waals surface area contributed by atoms with Gasteiger partial charge in [-0.05, 0) is 60.2 Å². The molecule has 0 radical (unpaired) electrons. The summed E-state index contributed by atoms with van der Waals surface area (Å²) in [5.41, 5.74) is 6.49. The van der Waals surface area contributed by atoms with E-state index in [1.54, 1.807) is 12.1 Å². The van der Waals surface area contributed by atoms with Crippen molar-refractivity contribution in [2.24, 2.45) is 0 Å². The molecule has 0 fully saturated rings. The summed E-state index contributed by atoms with van der Waals surface area (Å²) in [6.07, 6.45) is 1.08.